The quantitative estimate of drug-likeness (QED) is 0.437. The van der Waals surface area contributed by atoms with Gasteiger partial charge in [-0.15, -0.1) is 0 Å². The zero-order valence-corrected chi connectivity index (χ0v) is 14.4. The summed E-state index contributed by atoms with van der Waals surface area (Å²) < 4.78 is 11.5. The number of ether oxygens (including phenoxy) is 2. The number of rotatable bonds is 5. The summed E-state index contributed by atoms with van der Waals surface area (Å²) in [5.74, 6) is 0.173. The van der Waals surface area contributed by atoms with Crippen LogP contribution in [0.2, 0.25) is 0 Å². The molecular formula is C16H28N4O3. The predicted octanol–water partition coefficient (Wildman–Crippen LogP) is 0.482. The molecule has 2 fully saturated rings. The van der Waals surface area contributed by atoms with E-state index in [1.165, 1.54) is 4.90 Å². The van der Waals surface area contributed by atoms with Gasteiger partial charge in [-0.3, -0.25) is 4.79 Å². The van der Waals surface area contributed by atoms with Crippen molar-refractivity contribution in [3.05, 3.63) is 12.2 Å². The van der Waals surface area contributed by atoms with E-state index in [2.05, 4.69) is 22.2 Å². The maximum Gasteiger partial charge on any atom is 0.243 e. The lowest BCUT2D eigenvalue weighted by Crippen LogP contribution is -2.44. The topological polar surface area (TPSA) is 75.2 Å². The van der Waals surface area contributed by atoms with Crippen LogP contribution in [-0.4, -0.2) is 69.0 Å². The molecule has 1 spiro atoms. The third-order valence-electron chi connectivity index (χ3n) is 4.01. The van der Waals surface area contributed by atoms with Gasteiger partial charge >= 0.3 is 0 Å². The zero-order valence-electron chi connectivity index (χ0n) is 14.4. The Morgan fingerprint density at radius 2 is 2.09 bits per heavy atom. The first-order valence-electron chi connectivity index (χ1n) is 8.07. The van der Waals surface area contributed by atoms with E-state index in [0.29, 0.717) is 25.7 Å². The highest BCUT2D eigenvalue weighted by Gasteiger charge is 2.44. The fraction of sp³-hybridized carbons (Fsp3) is 0.750. The van der Waals surface area contributed by atoms with Crippen LogP contribution < -0.4 is 10.6 Å². The van der Waals surface area contributed by atoms with Crippen molar-refractivity contribution in [1.29, 1.82) is 0 Å². The lowest BCUT2D eigenvalue weighted by atomic mass is 10.2. The van der Waals surface area contributed by atoms with E-state index in [1.807, 2.05) is 6.92 Å². The van der Waals surface area contributed by atoms with E-state index < -0.39 is 5.79 Å². The van der Waals surface area contributed by atoms with E-state index in [0.717, 1.165) is 24.8 Å². The van der Waals surface area contributed by atoms with Crippen LogP contribution >= 0.6 is 0 Å². The molecule has 0 aromatic rings. The second-order valence-corrected chi connectivity index (χ2v) is 6.46. The van der Waals surface area contributed by atoms with Gasteiger partial charge in [0.2, 0.25) is 5.91 Å². The van der Waals surface area contributed by atoms with Gasteiger partial charge < -0.3 is 25.0 Å². The van der Waals surface area contributed by atoms with E-state index in [4.69, 9.17) is 9.47 Å². The normalized spacial score (nSPS) is 23.1. The van der Waals surface area contributed by atoms with Crippen molar-refractivity contribution in [3.63, 3.8) is 0 Å². The first kappa shape index (κ1) is 17.7. The molecule has 1 heterocycles. The SMILES string of the molecule is C=C(C)CNC(=NCC(=O)N(C)C)NC1CCC2(C1)OCCO2. The van der Waals surface area contributed by atoms with E-state index in [-0.39, 0.29) is 18.5 Å². The van der Waals surface area contributed by atoms with Gasteiger partial charge in [0.15, 0.2) is 11.7 Å². The molecule has 0 radical (unpaired) electrons. The second-order valence-electron chi connectivity index (χ2n) is 6.46. The van der Waals surface area contributed by atoms with Crippen LogP contribution in [0.5, 0.6) is 0 Å². The van der Waals surface area contributed by atoms with Crippen LogP contribution in [0.1, 0.15) is 26.2 Å². The smallest absolute Gasteiger partial charge is 0.243 e. The average Bonchev–Trinajstić information content (AvgIpc) is 3.11. The van der Waals surface area contributed by atoms with E-state index in [9.17, 15) is 4.79 Å². The summed E-state index contributed by atoms with van der Waals surface area (Å²) in [5.41, 5.74) is 1.00. The molecule has 2 aliphatic rings. The van der Waals surface area contributed by atoms with Crippen molar-refractivity contribution < 1.29 is 14.3 Å². The molecule has 0 bridgehead atoms. The lowest BCUT2D eigenvalue weighted by Gasteiger charge is -2.22. The predicted molar refractivity (Wildman–Crippen MR) is 89.2 cm³/mol. The summed E-state index contributed by atoms with van der Waals surface area (Å²) >= 11 is 0. The molecule has 1 amide bonds. The van der Waals surface area contributed by atoms with Gasteiger partial charge in [0.1, 0.15) is 6.54 Å². The lowest BCUT2D eigenvalue weighted by molar-refractivity contribution is -0.151. The number of aliphatic imine (C=N–C) groups is 1. The number of nitrogens with one attached hydrogen (secondary N) is 2. The van der Waals surface area contributed by atoms with Gasteiger partial charge in [0, 0.05) is 39.5 Å². The highest BCUT2D eigenvalue weighted by Crippen LogP contribution is 2.37. The van der Waals surface area contributed by atoms with E-state index >= 15 is 0 Å². The largest absolute Gasteiger partial charge is 0.353 e. The molecule has 2 N–H and O–H groups in total. The molecule has 130 valence electrons. The Kier molecular flexibility index (Phi) is 6.01. The highest BCUT2D eigenvalue weighted by atomic mass is 16.7. The molecule has 0 aromatic heterocycles. The summed E-state index contributed by atoms with van der Waals surface area (Å²) in [6.45, 7) is 7.89. The number of guanidine groups is 1. The molecule has 1 unspecified atom stereocenters. The molecule has 1 saturated carbocycles. The summed E-state index contributed by atoms with van der Waals surface area (Å²) in [5, 5.41) is 6.59. The van der Waals surface area contributed by atoms with Crippen molar-refractivity contribution in [1.82, 2.24) is 15.5 Å². The minimum Gasteiger partial charge on any atom is -0.353 e. The maximum atomic E-state index is 11.7. The first-order valence-corrected chi connectivity index (χ1v) is 8.07. The number of likely N-dealkylation sites (N-methyl/N-ethyl adjacent to an activating group) is 1. The fourth-order valence-corrected chi connectivity index (χ4v) is 2.72. The molecule has 2 rings (SSSR count). The average molecular weight is 324 g/mol. The van der Waals surface area contributed by atoms with Crippen molar-refractivity contribution in [2.24, 2.45) is 4.99 Å². The van der Waals surface area contributed by atoms with E-state index in [1.54, 1.807) is 14.1 Å². The van der Waals surface area contributed by atoms with Crippen LogP contribution in [-0.2, 0) is 14.3 Å². The van der Waals surface area contributed by atoms with Crippen LogP contribution in [0, 0.1) is 0 Å². The van der Waals surface area contributed by atoms with Crippen molar-refractivity contribution in [2.45, 2.75) is 38.0 Å². The highest BCUT2D eigenvalue weighted by molar-refractivity contribution is 5.85. The zero-order chi connectivity index (χ0) is 16.9. The monoisotopic (exact) mass is 324 g/mol. The Morgan fingerprint density at radius 1 is 1.39 bits per heavy atom. The van der Waals surface area contributed by atoms with Crippen LogP contribution in [0.15, 0.2) is 17.1 Å². The first-order chi connectivity index (χ1) is 10.9. The van der Waals surface area contributed by atoms with Crippen LogP contribution in [0.25, 0.3) is 0 Å². The van der Waals surface area contributed by atoms with Crippen molar-refractivity contribution >= 4 is 11.9 Å². The molecule has 0 aromatic carbocycles. The Labute approximate surface area is 138 Å². The van der Waals surface area contributed by atoms with Crippen LogP contribution in [0.4, 0.5) is 0 Å². The maximum absolute atomic E-state index is 11.7. The number of hydrogen-bond acceptors (Lipinski definition) is 4. The summed E-state index contributed by atoms with van der Waals surface area (Å²) in [7, 11) is 3.45. The Bertz CT molecular complexity index is 470. The van der Waals surface area contributed by atoms with Gasteiger partial charge in [-0.25, -0.2) is 4.99 Å². The number of amides is 1. The number of nitrogens with zero attached hydrogens (tertiary/aromatic N) is 2. The third kappa shape index (κ3) is 5.21. The summed E-state index contributed by atoms with van der Waals surface area (Å²) in [4.78, 5) is 17.6. The van der Waals surface area contributed by atoms with Gasteiger partial charge in [-0.1, -0.05) is 12.2 Å². The summed E-state index contributed by atoms with van der Waals surface area (Å²) in [6.07, 6.45) is 2.63. The minimum atomic E-state index is -0.420. The Hall–Kier alpha value is -1.60. The molecular weight excluding hydrogens is 296 g/mol. The summed E-state index contributed by atoms with van der Waals surface area (Å²) in [6, 6.07) is 0.221. The van der Waals surface area contributed by atoms with Gasteiger partial charge in [-0.05, 0) is 13.3 Å². The molecule has 7 heteroatoms. The number of hydrogen-bond donors (Lipinski definition) is 2. The molecule has 23 heavy (non-hydrogen) atoms. The molecule has 1 aliphatic heterocycles. The Balaban J connectivity index is 1.92. The minimum absolute atomic E-state index is 0.0354. The standard InChI is InChI=1S/C16H28N4O3/c1-12(2)10-17-15(18-11-14(21)20(3)4)19-13-5-6-16(9-13)22-7-8-23-16/h13H,1,5-11H2,2-4H3,(H2,17,18,19). The van der Waals surface area contributed by atoms with Crippen LogP contribution in [0.3, 0.4) is 0 Å². The van der Waals surface area contributed by atoms with Gasteiger partial charge in [0.05, 0.1) is 13.2 Å². The Morgan fingerprint density at radius 3 is 2.70 bits per heavy atom. The third-order valence-corrected chi connectivity index (χ3v) is 4.01. The molecule has 1 aliphatic carbocycles. The van der Waals surface area contributed by atoms with Crippen molar-refractivity contribution in [3.8, 4) is 0 Å². The van der Waals surface area contributed by atoms with Gasteiger partial charge in [0.25, 0.3) is 0 Å². The molecule has 7 nitrogen and oxygen atoms in total. The van der Waals surface area contributed by atoms with Gasteiger partial charge in [-0.2, -0.15) is 0 Å². The molecule has 1 saturated heterocycles. The number of carbonyl (C=O) groups excluding carboxylic acids is 1. The number of carbonyl (C=O) groups is 1. The second kappa shape index (κ2) is 7.79. The molecule has 1 atom stereocenters. The van der Waals surface area contributed by atoms with Crippen molar-refractivity contribution in [2.75, 3.05) is 40.4 Å². The fourth-order valence-electron chi connectivity index (χ4n) is 2.72.